The normalized spacial score (nSPS) is 11.3. The van der Waals surface area contributed by atoms with E-state index in [1.807, 2.05) is 0 Å². The van der Waals surface area contributed by atoms with E-state index in [-0.39, 0.29) is 0 Å². The number of hydrogen-bond donors (Lipinski definition) is 0. The summed E-state index contributed by atoms with van der Waals surface area (Å²) in [6.45, 7) is 0.679. The molecule has 0 atom stereocenters. The van der Waals surface area contributed by atoms with E-state index in [2.05, 4.69) is 155 Å². The first kappa shape index (κ1) is 26.0. The molecule has 0 aliphatic rings. The highest BCUT2D eigenvalue weighted by molar-refractivity contribution is 9.10. The van der Waals surface area contributed by atoms with E-state index in [1.165, 1.54) is 16.7 Å². The van der Waals surface area contributed by atoms with Crippen LogP contribution in [0.4, 0.5) is 0 Å². The van der Waals surface area contributed by atoms with Crippen LogP contribution in [0, 0.1) is 0 Å². The van der Waals surface area contributed by atoms with Crippen molar-refractivity contribution in [2.45, 2.75) is 30.0 Å². The lowest BCUT2D eigenvalue weighted by Gasteiger charge is -2.32. The molecule has 5 aromatic carbocycles. The highest BCUT2D eigenvalue weighted by Crippen LogP contribution is 2.50. The molecule has 0 aliphatic heterocycles. The quantitative estimate of drug-likeness (QED) is 0.0886. The third-order valence-corrected chi connectivity index (χ3v) is 8.36. The van der Waals surface area contributed by atoms with Crippen molar-refractivity contribution in [3.05, 3.63) is 162 Å². The molecule has 0 aromatic heterocycles. The summed E-state index contributed by atoms with van der Waals surface area (Å²) in [5, 5.41) is 0. The monoisotopic (exact) mass is 560 g/mol. The molecule has 0 amide bonds. The Morgan fingerprint density at radius 3 is 1.68 bits per heavy atom. The summed E-state index contributed by atoms with van der Waals surface area (Å²) in [5.74, 6) is 0.936. The van der Waals surface area contributed by atoms with Crippen LogP contribution < -0.4 is 4.74 Å². The van der Waals surface area contributed by atoms with Gasteiger partial charge in [0.05, 0.1) is 6.61 Å². The Kier molecular flexibility index (Phi) is 8.73. The molecule has 0 radical (unpaired) electrons. The Bertz CT molecular complexity index is 1360. The minimum Gasteiger partial charge on any atom is -0.493 e. The maximum absolute atomic E-state index is 6.73. The van der Waals surface area contributed by atoms with Gasteiger partial charge < -0.3 is 4.74 Å². The van der Waals surface area contributed by atoms with Gasteiger partial charge in [-0.3, -0.25) is 0 Å². The van der Waals surface area contributed by atoms with Gasteiger partial charge in [-0.05, 0) is 47.9 Å². The van der Waals surface area contributed by atoms with E-state index in [9.17, 15) is 0 Å². The zero-order valence-electron chi connectivity index (χ0n) is 21.6. The fraction of sp³-hybridized carbons (Fsp3) is 0.167. The van der Waals surface area contributed by atoms with Crippen molar-refractivity contribution in [3.8, 4) is 16.9 Å². The van der Waals surface area contributed by atoms with E-state index in [0.29, 0.717) is 6.61 Å². The van der Waals surface area contributed by atoms with Gasteiger partial charge in [-0.25, -0.2) is 0 Å². The largest absolute Gasteiger partial charge is 0.493 e. The Morgan fingerprint density at radius 2 is 1.08 bits per heavy atom. The van der Waals surface area contributed by atoms with Gasteiger partial charge in [-0.1, -0.05) is 155 Å². The molecule has 0 spiro atoms. The Labute approximate surface area is 235 Å². The molecule has 0 N–H and O–H groups in total. The fourth-order valence-corrected chi connectivity index (χ4v) is 5.89. The predicted octanol–water partition coefficient (Wildman–Crippen LogP) is 9.83. The number of benzene rings is 5. The van der Waals surface area contributed by atoms with Gasteiger partial charge in [0.25, 0.3) is 0 Å². The van der Waals surface area contributed by atoms with Crippen molar-refractivity contribution in [2.24, 2.45) is 0 Å². The molecule has 2 heteroatoms. The van der Waals surface area contributed by atoms with Crippen LogP contribution in [0.25, 0.3) is 11.1 Å². The Balaban J connectivity index is 1.48. The minimum atomic E-state index is -0.553. The SMILES string of the molecule is BrC(c1ccccc1)(c1ccccc1)c1cccc(-c2ccccc2)c1OCCCCCc1ccccc1. The van der Waals surface area contributed by atoms with Gasteiger partial charge in [0.1, 0.15) is 10.1 Å². The second-order valence-electron chi connectivity index (χ2n) is 9.58. The van der Waals surface area contributed by atoms with Crippen molar-refractivity contribution < 1.29 is 4.74 Å². The van der Waals surface area contributed by atoms with Crippen LogP contribution in [-0.4, -0.2) is 6.61 Å². The summed E-state index contributed by atoms with van der Waals surface area (Å²) < 4.78 is 6.18. The number of rotatable bonds is 11. The van der Waals surface area contributed by atoms with E-state index < -0.39 is 4.32 Å². The number of aryl methyl sites for hydroxylation is 1. The van der Waals surface area contributed by atoms with E-state index in [1.54, 1.807) is 0 Å². The van der Waals surface area contributed by atoms with Crippen molar-refractivity contribution in [1.29, 1.82) is 0 Å². The smallest absolute Gasteiger partial charge is 0.132 e. The summed E-state index contributed by atoms with van der Waals surface area (Å²) in [4.78, 5) is 0. The molecule has 1 nitrogen and oxygen atoms in total. The molecular formula is C36H33BrO. The van der Waals surface area contributed by atoms with Crippen LogP contribution in [0.15, 0.2) is 140 Å². The number of halogens is 1. The van der Waals surface area contributed by atoms with Crippen LogP contribution in [0.1, 0.15) is 41.5 Å². The van der Waals surface area contributed by atoms with Crippen LogP contribution in [0.3, 0.4) is 0 Å². The van der Waals surface area contributed by atoms with Crippen LogP contribution in [0.2, 0.25) is 0 Å². The lowest BCUT2D eigenvalue weighted by molar-refractivity contribution is 0.303. The van der Waals surface area contributed by atoms with E-state index >= 15 is 0 Å². The van der Waals surface area contributed by atoms with Gasteiger partial charge in [0.2, 0.25) is 0 Å². The number of ether oxygens (including phenoxy) is 1. The van der Waals surface area contributed by atoms with Gasteiger partial charge in [0.15, 0.2) is 0 Å². The summed E-state index contributed by atoms with van der Waals surface area (Å²) in [6.07, 6.45) is 4.42. The van der Waals surface area contributed by atoms with Crippen LogP contribution in [0.5, 0.6) is 5.75 Å². The molecule has 190 valence electrons. The first-order chi connectivity index (χ1) is 18.8. The van der Waals surface area contributed by atoms with Crippen molar-refractivity contribution >= 4 is 15.9 Å². The number of unbranched alkanes of at least 4 members (excludes halogenated alkanes) is 2. The van der Waals surface area contributed by atoms with E-state index in [0.717, 1.165) is 48.1 Å². The molecule has 5 rings (SSSR count). The standard InChI is InChI=1S/C36H33BrO/c37-36(31-22-11-3-12-23-31,32-24-13-4-14-25-32)34-27-16-26-33(30-20-9-2-10-21-30)35(34)38-28-15-5-8-19-29-17-6-1-7-18-29/h1-4,6-7,9-14,16-18,20-27H,5,8,15,19,28H2. The highest BCUT2D eigenvalue weighted by atomic mass is 79.9. The third kappa shape index (κ3) is 5.92. The second kappa shape index (κ2) is 12.8. The Morgan fingerprint density at radius 1 is 0.526 bits per heavy atom. The predicted molar refractivity (Wildman–Crippen MR) is 163 cm³/mol. The first-order valence-electron chi connectivity index (χ1n) is 13.4. The molecule has 0 unspecified atom stereocenters. The summed E-state index contributed by atoms with van der Waals surface area (Å²) in [5.41, 5.74) is 7.13. The topological polar surface area (TPSA) is 9.23 Å². The fourth-order valence-electron chi connectivity index (χ4n) is 5.05. The van der Waals surface area contributed by atoms with Gasteiger partial charge in [-0.15, -0.1) is 0 Å². The van der Waals surface area contributed by atoms with Gasteiger partial charge >= 0.3 is 0 Å². The maximum atomic E-state index is 6.73. The average Bonchev–Trinajstić information content (AvgIpc) is 3.00. The average molecular weight is 562 g/mol. The van der Waals surface area contributed by atoms with Crippen molar-refractivity contribution in [2.75, 3.05) is 6.61 Å². The lowest BCUT2D eigenvalue weighted by atomic mass is 9.83. The maximum Gasteiger partial charge on any atom is 0.132 e. The molecule has 0 aliphatic carbocycles. The molecule has 0 saturated carbocycles. The number of alkyl halides is 1. The highest BCUT2D eigenvalue weighted by Gasteiger charge is 2.37. The molecule has 0 bridgehead atoms. The van der Waals surface area contributed by atoms with Gasteiger partial charge in [-0.2, -0.15) is 0 Å². The zero-order chi connectivity index (χ0) is 26.0. The molecule has 5 aromatic rings. The zero-order valence-corrected chi connectivity index (χ0v) is 23.2. The molecule has 0 saturated heterocycles. The first-order valence-corrected chi connectivity index (χ1v) is 14.2. The molecular weight excluding hydrogens is 528 g/mol. The van der Waals surface area contributed by atoms with Crippen molar-refractivity contribution in [3.63, 3.8) is 0 Å². The molecule has 0 heterocycles. The van der Waals surface area contributed by atoms with Crippen LogP contribution >= 0.6 is 15.9 Å². The second-order valence-corrected chi connectivity index (χ2v) is 10.8. The summed E-state index contributed by atoms with van der Waals surface area (Å²) in [7, 11) is 0. The summed E-state index contributed by atoms with van der Waals surface area (Å²) in [6, 6.07) is 49.1. The molecule has 0 fully saturated rings. The van der Waals surface area contributed by atoms with Gasteiger partial charge in [0, 0.05) is 11.1 Å². The number of para-hydroxylation sites is 1. The van der Waals surface area contributed by atoms with E-state index in [4.69, 9.17) is 4.74 Å². The third-order valence-electron chi connectivity index (χ3n) is 7.01. The van der Waals surface area contributed by atoms with Crippen molar-refractivity contribution in [1.82, 2.24) is 0 Å². The number of hydrogen-bond acceptors (Lipinski definition) is 1. The summed E-state index contributed by atoms with van der Waals surface area (Å²) >= 11 is 4.25. The molecule has 38 heavy (non-hydrogen) atoms. The minimum absolute atomic E-state index is 0.553. The Hall–Kier alpha value is -3.62. The van der Waals surface area contributed by atoms with Crippen LogP contribution in [-0.2, 0) is 10.7 Å². The lowest BCUT2D eigenvalue weighted by Crippen LogP contribution is -2.23.